The molecule has 0 bridgehead atoms. The van der Waals surface area contributed by atoms with E-state index < -0.39 is 10.0 Å². The van der Waals surface area contributed by atoms with Crippen LogP contribution >= 0.6 is 0 Å². The van der Waals surface area contributed by atoms with Crippen molar-refractivity contribution in [2.75, 3.05) is 19.6 Å². The highest BCUT2D eigenvalue weighted by molar-refractivity contribution is 7.89. The van der Waals surface area contributed by atoms with Crippen LogP contribution in [0.15, 0.2) is 29.2 Å². The van der Waals surface area contributed by atoms with E-state index in [2.05, 4.69) is 19.2 Å². The summed E-state index contributed by atoms with van der Waals surface area (Å²) in [4.78, 5) is 12.7. The van der Waals surface area contributed by atoms with Crippen molar-refractivity contribution in [1.29, 1.82) is 0 Å². The Morgan fingerprint density at radius 1 is 1.15 bits per heavy atom. The molecule has 2 fully saturated rings. The van der Waals surface area contributed by atoms with E-state index in [1.165, 1.54) is 4.31 Å². The molecular formula is C20H31N3O3S. The van der Waals surface area contributed by atoms with E-state index >= 15 is 0 Å². The predicted molar refractivity (Wildman–Crippen MR) is 106 cm³/mol. The second-order valence-electron chi connectivity index (χ2n) is 8.15. The van der Waals surface area contributed by atoms with Gasteiger partial charge in [0.2, 0.25) is 15.9 Å². The average molecular weight is 394 g/mol. The van der Waals surface area contributed by atoms with Crippen LogP contribution in [0.1, 0.15) is 51.0 Å². The van der Waals surface area contributed by atoms with E-state index in [1.807, 2.05) is 12.1 Å². The first-order valence-corrected chi connectivity index (χ1v) is 11.4. The van der Waals surface area contributed by atoms with Crippen molar-refractivity contribution in [3.63, 3.8) is 0 Å². The highest BCUT2D eigenvalue weighted by atomic mass is 32.2. The number of sulfonamides is 1. The number of benzene rings is 1. The lowest BCUT2D eigenvalue weighted by Gasteiger charge is -2.30. The Hall–Kier alpha value is -1.44. The Morgan fingerprint density at radius 3 is 2.26 bits per heavy atom. The summed E-state index contributed by atoms with van der Waals surface area (Å²) in [7, 11) is -3.50. The third-order valence-electron chi connectivity index (χ3n) is 5.75. The molecule has 1 amide bonds. The van der Waals surface area contributed by atoms with E-state index in [0.29, 0.717) is 49.2 Å². The summed E-state index contributed by atoms with van der Waals surface area (Å²) < 4.78 is 27.2. The second-order valence-corrected chi connectivity index (χ2v) is 10.1. The predicted octanol–water partition coefficient (Wildman–Crippen LogP) is 2.06. The van der Waals surface area contributed by atoms with Gasteiger partial charge in [0.05, 0.1) is 4.90 Å². The number of carbonyl (C=O) groups is 1. The van der Waals surface area contributed by atoms with Crippen LogP contribution in [-0.4, -0.2) is 44.3 Å². The molecule has 1 aliphatic carbocycles. The van der Waals surface area contributed by atoms with Gasteiger partial charge in [0.15, 0.2) is 0 Å². The minimum absolute atomic E-state index is 0.00411. The van der Waals surface area contributed by atoms with Crippen molar-refractivity contribution < 1.29 is 13.2 Å². The number of piperidine rings is 1. The van der Waals surface area contributed by atoms with Gasteiger partial charge in [-0.3, -0.25) is 4.79 Å². The van der Waals surface area contributed by atoms with Gasteiger partial charge in [-0.2, -0.15) is 4.31 Å². The molecule has 0 radical (unpaired) electrons. The first-order valence-electron chi connectivity index (χ1n) is 9.92. The number of hydrogen-bond donors (Lipinski definition) is 2. The molecule has 0 spiro atoms. The zero-order chi connectivity index (χ0) is 19.6. The van der Waals surface area contributed by atoms with E-state index in [9.17, 15) is 13.2 Å². The van der Waals surface area contributed by atoms with Crippen LogP contribution in [0.25, 0.3) is 0 Å². The fraction of sp³-hybridized carbons (Fsp3) is 0.650. The maximum absolute atomic E-state index is 12.9. The van der Waals surface area contributed by atoms with Crippen molar-refractivity contribution in [2.24, 2.45) is 17.6 Å². The molecule has 7 heteroatoms. The van der Waals surface area contributed by atoms with E-state index in [-0.39, 0.29) is 17.9 Å². The highest BCUT2D eigenvalue weighted by Gasteiger charge is 2.33. The van der Waals surface area contributed by atoms with Crippen molar-refractivity contribution in [3.05, 3.63) is 29.8 Å². The van der Waals surface area contributed by atoms with Crippen molar-refractivity contribution >= 4 is 15.9 Å². The molecule has 1 aliphatic heterocycles. The van der Waals surface area contributed by atoms with Gasteiger partial charge >= 0.3 is 0 Å². The number of nitrogens with one attached hydrogen (secondary N) is 1. The summed E-state index contributed by atoms with van der Waals surface area (Å²) in [6, 6.07) is 7.16. The third-order valence-corrected chi connectivity index (χ3v) is 7.66. The smallest absolute Gasteiger partial charge is 0.243 e. The Kier molecular flexibility index (Phi) is 6.23. The van der Waals surface area contributed by atoms with Crippen LogP contribution in [0, 0.1) is 11.8 Å². The number of nitrogens with two attached hydrogens (primary N) is 1. The molecule has 1 saturated carbocycles. The van der Waals surface area contributed by atoms with Gasteiger partial charge in [0.25, 0.3) is 0 Å². The van der Waals surface area contributed by atoms with Gasteiger partial charge in [-0.05, 0) is 55.2 Å². The minimum Gasteiger partial charge on any atom is -0.354 e. The molecule has 1 unspecified atom stereocenters. The number of rotatable bonds is 7. The molecular weight excluding hydrogens is 362 g/mol. The zero-order valence-electron chi connectivity index (χ0n) is 16.2. The normalized spacial score (nSPS) is 20.6. The van der Waals surface area contributed by atoms with E-state index in [4.69, 9.17) is 5.73 Å². The topological polar surface area (TPSA) is 92.5 Å². The van der Waals surface area contributed by atoms with E-state index in [0.717, 1.165) is 18.4 Å². The Morgan fingerprint density at radius 2 is 1.74 bits per heavy atom. The summed E-state index contributed by atoms with van der Waals surface area (Å²) >= 11 is 0. The maximum atomic E-state index is 12.9. The second kappa shape index (κ2) is 8.29. The van der Waals surface area contributed by atoms with Crippen molar-refractivity contribution in [3.8, 4) is 0 Å². The molecule has 1 atom stereocenters. The summed E-state index contributed by atoms with van der Waals surface area (Å²) in [6.07, 6.45) is 3.42. The number of nitrogens with zero attached hydrogens (tertiary/aromatic N) is 1. The first-order chi connectivity index (χ1) is 12.8. The molecule has 3 rings (SSSR count). The molecule has 27 heavy (non-hydrogen) atoms. The van der Waals surface area contributed by atoms with Crippen LogP contribution < -0.4 is 11.1 Å². The third kappa shape index (κ3) is 4.89. The van der Waals surface area contributed by atoms with Gasteiger partial charge in [0, 0.05) is 31.6 Å². The molecule has 3 N–H and O–H groups in total. The summed E-state index contributed by atoms with van der Waals surface area (Å²) in [5.74, 6) is 0.791. The SMILES string of the molecule is CC(C)c1ccc(S(=O)(=O)N2CCC(C(=O)NCC(N)C3CC3)CC2)cc1. The largest absolute Gasteiger partial charge is 0.354 e. The Balaban J connectivity index is 1.53. The summed E-state index contributed by atoms with van der Waals surface area (Å²) in [5, 5.41) is 2.94. The van der Waals surface area contributed by atoms with Crippen LogP contribution in [0.3, 0.4) is 0 Å². The monoisotopic (exact) mass is 393 g/mol. The fourth-order valence-corrected chi connectivity index (χ4v) is 5.06. The number of hydrogen-bond acceptors (Lipinski definition) is 4. The summed E-state index contributed by atoms with van der Waals surface area (Å²) in [5.41, 5.74) is 7.15. The molecule has 150 valence electrons. The molecule has 0 aromatic heterocycles. The summed E-state index contributed by atoms with van der Waals surface area (Å²) in [6.45, 7) is 5.43. The number of carbonyl (C=O) groups excluding carboxylic acids is 1. The van der Waals surface area contributed by atoms with Gasteiger partial charge in [-0.25, -0.2) is 8.42 Å². The van der Waals surface area contributed by atoms with Gasteiger partial charge in [-0.1, -0.05) is 26.0 Å². The lowest BCUT2D eigenvalue weighted by molar-refractivity contribution is -0.126. The quantitative estimate of drug-likeness (QED) is 0.742. The molecule has 1 heterocycles. The molecule has 1 aromatic rings. The van der Waals surface area contributed by atoms with Gasteiger partial charge < -0.3 is 11.1 Å². The maximum Gasteiger partial charge on any atom is 0.243 e. The molecule has 6 nitrogen and oxygen atoms in total. The minimum atomic E-state index is -3.50. The fourth-order valence-electron chi connectivity index (χ4n) is 3.59. The zero-order valence-corrected chi connectivity index (χ0v) is 17.0. The molecule has 1 aromatic carbocycles. The standard InChI is InChI=1S/C20H31N3O3S/c1-14(2)15-5-7-18(8-6-15)27(25,26)23-11-9-17(10-12-23)20(24)22-13-19(21)16-3-4-16/h5-8,14,16-17,19H,3-4,9-13,21H2,1-2H3,(H,22,24). The van der Waals surface area contributed by atoms with Crippen molar-refractivity contribution in [1.82, 2.24) is 9.62 Å². The van der Waals surface area contributed by atoms with Gasteiger partial charge in [-0.15, -0.1) is 0 Å². The van der Waals surface area contributed by atoms with Gasteiger partial charge in [0.1, 0.15) is 0 Å². The molecule has 2 aliphatic rings. The Labute approximate surface area is 162 Å². The average Bonchev–Trinajstić information content (AvgIpc) is 3.51. The lowest BCUT2D eigenvalue weighted by Crippen LogP contribution is -2.45. The van der Waals surface area contributed by atoms with Crippen molar-refractivity contribution in [2.45, 2.75) is 56.4 Å². The number of amides is 1. The highest BCUT2D eigenvalue weighted by Crippen LogP contribution is 2.31. The molecule has 1 saturated heterocycles. The van der Waals surface area contributed by atoms with Crippen LogP contribution in [0.4, 0.5) is 0 Å². The van der Waals surface area contributed by atoms with E-state index in [1.54, 1.807) is 12.1 Å². The van der Waals surface area contributed by atoms with Crippen LogP contribution in [0.2, 0.25) is 0 Å². The lowest BCUT2D eigenvalue weighted by atomic mass is 9.97. The first kappa shape index (κ1) is 20.3. The van der Waals surface area contributed by atoms with Crippen LogP contribution in [-0.2, 0) is 14.8 Å². The van der Waals surface area contributed by atoms with Crippen LogP contribution in [0.5, 0.6) is 0 Å². The Bertz CT molecular complexity index is 749.